The monoisotopic (exact) mass is 398 g/mol. The zero-order chi connectivity index (χ0) is 20.8. The molecule has 1 nitrogen and oxygen atoms in total. The maximum Gasteiger partial charge on any atom is 0.133 e. The molecule has 0 spiro atoms. The molecule has 8 atom stereocenters. The van der Waals surface area contributed by atoms with E-state index in [0.717, 1.165) is 48.9 Å². The maximum atomic E-state index is 12.1. The Kier molecular flexibility index (Phi) is 6.09. The van der Waals surface area contributed by atoms with E-state index in [9.17, 15) is 4.79 Å². The van der Waals surface area contributed by atoms with Gasteiger partial charge in [0.05, 0.1) is 0 Å². The second-order valence-corrected chi connectivity index (χ2v) is 12.1. The topological polar surface area (TPSA) is 17.1 Å². The molecule has 0 N–H and O–H groups in total. The third-order valence-electron chi connectivity index (χ3n) is 10.7. The SMILES string of the molecule is CCC(C)CCCC(C)[C@H]1CCC2C3=CCC4CC(=O)CC[C@]4(C)C3CC[C@@]21C. The lowest BCUT2D eigenvalue weighted by Crippen LogP contribution is -2.49. The minimum Gasteiger partial charge on any atom is -0.300 e. The van der Waals surface area contributed by atoms with Crippen LogP contribution in [-0.4, -0.2) is 5.78 Å². The van der Waals surface area contributed by atoms with E-state index in [0.29, 0.717) is 22.5 Å². The number of rotatable bonds is 6. The van der Waals surface area contributed by atoms with E-state index in [2.05, 4.69) is 40.7 Å². The van der Waals surface area contributed by atoms with Crippen molar-refractivity contribution in [3.8, 4) is 0 Å². The van der Waals surface area contributed by atoms with Crippen LogP contribution in [0.2, 0.25) is 0 Å². The predicted octanol–water partition coefficient (Wildman–Crippen LogP) is 7.99. The summed E-state index contributed by atoms with van der Waals surface area (Å²) >= 11 is 0. The molecule has 0 aromatic heterocycles. The van der Waals surface area contributed by atoms with Crippen LogP contribution in [-0.2, 0) is 4.79 Å². The fourth-order valence-corrected chi connectivity index (χ4v) is 8.47. The number of Topliss-reactive ketones (excluding diaryl/α,β-unsaturated/α-hetero) is 1. The van der Waals surface area contributed by atoms with Gasteiger partial charge in [-0.25, -0.2) is 0 Å². The maximum absolute atomic E-state index is 12.1. The first-order valence-electron chi connectivity index (χ1n) is 13.0. The third kappa shape index (κ3) is 3.67. The minimum absolute atomic E-state index is 0.402. The van der Waals surface area contributed by atoms with Crippen LogP contribution < -0.4 is 0 Å². The highest BCUT2D eigenvalue weighted by Crippen LogP contribution is 2.66. The molecule has 164 valence electrons. The number of allylic oxidation sites excluding steroid dienone is 2. The molecule has 0 aromatic carbocycles. The van der Waals surface area contributed by atoms with E-state index in [1.54, 1.807) is 0 Å². The summed E-state index contributed by atoms with van der Waals surface area (Å²) in [5.41, 5.74) is 2.78. The second-order valence-electron chi connectivity index (χ2n) is 12.1. The summed E-state index contributed by atoms with van der Waals surface area (Å²) in [6, 6.07) is 0. The van der Waals surface area contributed by atoms with Crippen LogP contribution in [0.15, 0.2) is 11.6 Å². The van der Waals surface area contributed by atoms with E-state index < -0.39 is 0 Å². The van der Waals surface area contributed by atoms with Gasteiger partial charge in [-0.05, 0) is 84.9 Å². The van der Waals surface area contributed by atoms with E-state index in [1.165, 1.54) is 57.8 Å². The van der Waals surface area contributed by atoms with Crippen LogP contribution in [0.4, 0.5) is 0 Å². The minimum atomic E-state index is 0.402. The quantitative estimate of drug-likeness (QED) is 0.414. The molecule has 0 aliphatic heterocycles. The molecule has 0 heterocycles. The zero-order valence-corrected chi connectivity index (χ0v) is 19.9. The Labute approximate surface area is 180 Å². The number of ketones is 1. The molecular weight excluding hydrogens is 352 g/mol. The van der Waals surface area contributed by atoms with Crippen LogP contribution in [0.25, 0.3) is 0 Å². The van der Waals surface area contributed by atoms with Gasteiger partial charge in [0.25, 0.3) is 0 Å². The van der Waals surface area contributed by atoms with Crippen LogP contribution in [0, 0.1) is 46.3 Å². The van der Waals surface area contributed by atoms with Crippen molar-refractivity contribution < 1.29 is 4.79 Å². The lowest BCUT2D eigenvalue weighted by molar-refractivity contribution is -0.127. The van der Waals surface area contributed by atoms with E-state index in [4.69, 9.17) is 0 Å². The molecule has 3 fully saturated rings. The summed E-state index contributed by atoms with van der Waals surface area (Å²) in [6.07, 6.45) is 18.0. The molecule has 29 heavy (non-hydrogen) atoms. The van der Waals surface area contributed by atoms with Gasteiger partial charge in [-0.15, -0.1) is 0 Å². The van der Waals surface area contributed by atoms with Crippen molar-refractivity contribution in [3.63, 3.8) is 0 Å². The summed E-state index contributed by atoms with van der Waals surface area (Å²) in [5.74, 6) is 5.45. The Hall–Kier alpha value is -0.590. The molecule has 4 rings (SSSR count). The summed E-state index contributed by atoms with van der Waals surface area (Å²) in [4.78, 5) is 12.1. The lowest BCUT2D eigenvalue weighted by atomic mass is 9.47. The largest absolute Gasteiger partial charge is 0.300 e. The Morgan fingerprint density at radius 2 is 1.79 bits per heavy atom. The van der Waals surface area contributed by atoms with Crippen molar-refractivity contribution in [3.05, 3.63) is 11.6 Å². The first kappa shape index (κ1) is 21.6. The number of carbonyl (C=O) groups is 1. The van der Waals surface area contributed by atoms with E-state index in [1.807, 2.05) is 5.57 Å². The summed E-state index contributed by atoms with van der Waals surface area (Å²) in [5, 5.41) is 0. The first-order valence-corrected chi connectivity index (χ1v) is 13.0. The molecule has 0 aromatic rings. The van der Waals surface area contributed by atoms with E-state index in [-0.39, 0.29) is 0 Å². The smallest absolute Gasteiger partial charge is 0.133 e. The molecule has 0 amide bonds. The van der Waals surface area contributed by atoms with Crippen molar-refractivity contribution in [2.75, 3.05) is 0 Å². The molecule has 0 bridgehead atoms. The highest BCUT2D eigenvalue weighted by Gasteiger charge is 2.58. The zero-order valence-electron chi connectivity index (χ0n) is 19.9. The fraction of sp³-hybridized carbons (Fsp3) is 0.893. The molecular formula is C28H46O. The summed E-state index contributed by atoms with van der Waals surface area (Å²) in [7, 11) is 0. The summed E-state index contributed by atoms with van der Waals surface area (Å²) in [6.45, 7) is 12.5. The van der Waals surface area contributed by atoms with Crippen LogP contribution >= 0.6 is 0 Å². The van der Waals surface area contributed by atoms with Crippen molar-refractivity contribution in [1.29, 1.82) is 0 Å². The van der Waals surface area contributed by atoms with Crippen molar-refractivity contribution in [2.45, 2.75) is 112 Å². The molecule has 1 heteroatoms. The van der Waals surface area contributed by atoms with Gasteiger partial charge in [0.2, 0.25) is 0 Å². The Bertz CT molecular complexity index is 647. The molecule has 4 aliphatic carbocycles. The van der Waals surface area contributed by atoms with E-state index >= 15 is 0 Å². The fourth-order valence-electron chi connectivity index (χ4n) is 8.47. The first-order chi connectivity index (χ1) is 13.8. The van der Waals surface area contributed by atoms with Gasteiger partial charge < -0.3 is 0 Å². The number of carbonyl (C=O) groups excluding carboxylic acids is 1. The molecule has 5 unspecified atom stereocenters. The molecule has 0 saturated heterocycles. The van der Waals surface area contributed by atoms with Crippen LogP contribution in [0.3, 0.4) is 0 Å². The second kappa shape index (κ2) is 8.16. The average Bonchev–Trinajstić information content (AvgIpc) is 3.05. The Balaban J connectivity index is 1.47. The van der Waals surface area contributed by atoms with Gasteiger partial charge in [-0.3, -0.25) is 4.79 Å². The van der Waals surface area contributed by atoms with Gasteiger partial charge in [-0.1, -0.05) is 72.0 Å². The third-order valence-corrected chi connectivity index (χ3v) is 10.7. The van der Waals surface area contributed by atoms with Crippen molar-refractivity contribution in [1.82, 2.24) is 0 Å². The summed E-state index contributed by atoms with van der Waals surface area (Å²) < 4.78 is 0. The standard InChI is InChI=1S/C28H46O/c1-6-19(2)8-7-9-20(3)24-12-13-25-23-11-10-21-18-22(29)14-16-27(21,4)26(23)15-17-28(24,25)5/h11,19-21,24-26H,6-10,12-18H2,1-5H3/t19?,20?,21?,24-,25?,26?,27+,28-/m1/s1. The molecule has 0 radical (unpaired) electrons. The van der Waals surface area contributed by atoms with Crippen LogP contribution in [0.1, 0.15) is 112 Å². The molecule has 4 aliphatic rings. The highest BCUT2D eigenvalue weighted by atomic mass is 16.1. The van der Waals surface area contributed by atoms with Crippen molar-refractivity contribution in [2.24, 2.45) is 46.3 Å². The van der Waals surface area contributed by atoms with Gasteiger partial charge in [-0.2, -0.15) is 0 Å². The van der Waals surface area contributed by atoms with Gasteiger partial charge in [0.1, 0.15) is 5.78 Å². The van der Waals surface area contributed by atoms with Gasteiger partial charge in [0, 0.05) is 12.8 Å². The highest BCUT2D eigenvalue weighted by molar-refractivity contribution is 5.79. The average molecular weight is 399 g/mol. The van der Waals surface area contributed by atoms with Gasteiger partial charge >= 0.3 is 0 Å². The number of hydrogen-bond donors (Lipinski definition) is 0. The predicted molar refractivity (Wildman–Crippen MR) is 123 cm³/mol. The number of fused-ring (bicyclic) bond motifs is 5. The number of hydrogen-bond acceptors (Lipinski definition) is 1. The van der Waals surface area contributed by atoms with Crippen molar-refractivity contribution >= 4 is 5.78 Å². The normalized spacial score (nSPS) is 43.8. The van der Waals surface area contributed by atoms with Crippen LogP contribution in [0.5, 0.6) is 0 Å². The van der Waals surface area contributed by atoms with Gasteiger partial charge in [0.15, 0.2) is 0 Å². The molecule has 3 saturated carbocycles. The Morgan fingerprint density at radius 1 is 1.03 bits per heavy atom. The lowest BCUT2D eigenvalue weighted by Gasteiger charge is -2.57. The Morgan fingerprint density at radius 3 is 2.55 bits per heavy atom.